The molecule has 1 fully saturated rings. The van der Waals surface area contributed by atoms with Gasteiger partial charge >= 0.3 is 6.18 Å². The number of aromatic nitrogens is 3. The van der Waals surface area contributed by atoms with Gasteiger partial charge in [-0.25, -0.2) is 4.39 Å². The highest BCUT2D eigenvalue weighted by atomic mass is 19.4. The summed E-state index contributed by atoms with van der Waals surface area (Å²) >= 11 is 0. The Hall–Kier alpha value is -3.35. The number of anilines is 1. The number of ether oxygens (including phenoxy) is 1. The first-order valence-electron chi connectivity index (χ1n) is 10.9. The van der Waals surface area contributed by atoms with Crippen molar-refractivity contribution in [3.8, 4) is 0 Å². The number of halogens is 4. The Kier molecular flexibility index (Phi) is 7.15. The molecule has 0 amide bonds. The summed E-state index contributed by atoms with van der Waals surface area (Å²) in [4.78, 5) is 19.0. The number of carbonyl (C=O) groups is 1. The zero-order valence-electron chi connectivity index (χ0n) is 18.8. The quantitative estimate of drug-likeness (QED) is 0.511. The van der Waals surface area contributed by atoms with E-state index < -0.39 is 30.0 Å². The molecule has 0 saturated carbocycles. The fourth-order valence-corrected chi connectivity index (χ4v) is 3.81. The molecule has 12 heteroatoms. The molecule has 2 unspecified atom stereocenters. The molecule has 2 atom stereocenters. The summed E-state index contributed by atoms with van der Waals surface area (Å²) in [5, 5.41) is 6.45. The van der Waals surface area contributed by atoms with Crippen LogP contribution in [0.15, 0.2) is 48.5 Å². The molecule has 2 heterocycles. The first kappa shape index (κ1) is 24.8. The van der Waals surface area contributed by atoms with E-state index >= 15 is 0 Å². The van der Waals surface area contributed by atoms with Gasteiger partial charge in [-0.05, 0) is 23.3 Å². The maximum Gasteiger partial charge on any atom is 0.406 e. The lowest BCUT2D eigenvalue weighted by atomic mass is 10.1. The summed E-state index contributed by atoms with van der Waals surface area (Å²) in [7, 11) is 1.61. The van der Waals surface area contributed by atoms with Crippen molar-refractivity contribution in [2.75, 3.05) is 25.1 Å². The lowest BCUT2D eigenvalue weighted by Crippen LogP contribution is -2.52. The first-order valence-corrected chi connectivity index (χ1v) is 10.9. The van der Waals surface area contributed by atoms with Crippen molar-refractivity contribution in [2.45, 2.75) is 31.4 Å². The van der Waals surface area contributed by atoms with Crippen LogP contribution in [0.2, 0.25) is 0 Å². The van der Waals surface area contributed by atoms with Crippen LogP contribution in [0.25, 0.3) is 0 Å². The zero-order chi connectivity index (χ0) is 25.2. The Balaban J connectivity index is 1.73. The van der Waals surface area contributed by atoms with Crippen LogP contribution in [0.3, 0.4) is 0 Å². The number of rotatable bonds is 6. The lowest BCUT2D eigenvalue weighted by Gasteiger charge is -2.32. The SMILES string of the molecule is CN(Cc1ccc(CN)cc1)c1nc(C2OCCNC2C(F)(F)F)nn1C(=O)c1ccccc1F. The van der Waals surface area contributed by atoms with Crippen LogP contribution in [-0.4, -0.2) is 53.1 Å². The number of nitrogens with two attached hydrogens (primary N) is 1. The minimum absolute atomic E-state index is 0.00109. The Morgan fingerprint density at radius 1 is 1.20 bits per heavy atom. The van der Waals surface area contributed by atoms with Crippen molar-refractivity contribution < 1.29 is 27.1 Å². The third kappa shape index (κ3) is 5.34. The normalized spacial score (nSPS) is 18.5. The Morgan fingerprint density at radius 2 is 1.89 bits per heavy atom. The summed E-state index contributed by atoms with van der Waals surface area (Å²) in [6.07, 6.45) is -6.21. The number of nitrogens with one attached hydrogen (secondary N) is 1. The van der Waals surface area contributed by atoms with Gasteiger partial charge in [-0.2, -0.15) is 22.8 Å². The first-order chi connectivity index (χ1) is 16.7. The number of carbonyl (C=O) groups excluding carboxylic acids is 1. The van der Waals surface area contributed by atoms with E-state index in [2.05, 4.69) is 15.4 Å². The second-order valence-corrected chi connectivity index (χ2v) is 8.11. The van der Waals surface area contributed by atoms with Gasteiger partial charge in [0.2, 0.25) is 5.95 Å². The van der Waals surface area contributed by atoms with E-state index in [4.69, 9.17) is 10.5 Å². The van der Waals surface area contributed by atoms with Gasteiger partial charge in [0.05, 0.1) is 12.2 Å². The van der Waals surface area contributed by atoms with E-state index in [-0.39, 0.29) is 37.0 Å². The maximum atomic E-state index is 14.4. The molecule has 1 saturated heterocycles. The number of alkyl halides is 3. The predicted octanol–water partition coefficient (Wildman–Crippen LogP) is 2.79. The summed E-state index contributed by atoms with van der Waals surface area (Å²) in [6, 6.07) is 10.6. The summed E-state index contributed by atoms with van der Waals surface area (Å²) in [5.41, 5.74) is 7.10. The Bertz CT molecular complexity index is 1180. The van der Waals surface area contributed by atoms with Crippen LogP contribution in [0.5, 0.6) is 0 Å². The topological polar surface area (TPSA) is 98.3 Å². The maximum absolute atomic E-state index is 14.4. The van der Waals surface area contributed by atoms with Gasteiger partial charge in [0.1, 0.15) is 18.0 Å². The molecule has 0 spiro atoms. The largest absolute Gasteiger partial charge is 0.406 e. The number of benzene rings is 2. The van der Waals surface area contributed by atoms with Gasteiger partial charge in [0.25, 0.3) is 5.91 Å². The molecular formula is C23H24F4N6O2. The van der Waals surface area contributed by atoms with Crippen LogP contribution in [0.1, 0.15) is 33.4 Å². The number of hydrogen-bond donors (Lipinski definition) is 2. The minimum atomic E-state index is -4.64. The van der Waals surface area contributed by atoms with E-state index in [9.17, 15) is 22.4 Å². The summed E-state index contributed by atoms with van der Waals surface area (Å²) in [6.45, 7) is 0.633. The molecule has 3 aromatic rings. The molecule has 3 N–H and O–H groups in total. The van der Waals surface area contributed by atoms with Crippen LogP contribution in [0, 0.1) is 5.82 Å². The van der Waals surface area contributed by atoms with Crippen molar-refractivity contribution in [3.05, 3.63) is 76.9 Å². The molecule has 4 rings (SSSR count). The second-order valence-electron chi connectivity index (χ2n) is 8.11. The number of nitrogens with zero attached hydrogens (tertiary/aromatic N) is 4. The third-order valence-electron chi connectivity index (χ3n) is 5.60. The molecular weight excluding hydrogens is 468 g/mol. The van der Waals surface area contributed by atoms with Gasteiger partial charge in [0.15, 0.2) is 5.82 Å². The second kappa shape index (κ2) is 10.1. The van der Waals surface area contributed by atoms with Crippen LogP contribution in [0.4, 0.5) is 23.5 Å². The summed E-state index contributed by atoms with van der Waals surface area (Å²) < 4.78 is 61.4. The van der Waals surface area contributed by atoms with Crippen LogP contribution < -0.4 is 16.0 Å². The van der Waals surface area contributed by atoms with Gasteiger partial charge in [-0.1, -0.05) is 36.4 Å². The molecule has 0 aliphatic carbocycles. The molecule has 1 aromatic heterocycles. The zero-order valence-corrected chi connectivity index (χ0v) is 18.8. The Labute approximate surface area is 198 Å². The van der Waals surface area contributed by atoms with Crippen molar-refractivity contribution in [2.24, 2.45) is 5.73 Å². The standard InChI is InChI=1S/C23H24F4N6O2/c1-32(13-15-8-6-14(12-28)7-9-15)22-30-20(18-19(23(25,26)27)29-10-11-35-18)31-33(22)21(34)16-4-2-3-5-17(16)24/h2-9,18-19,29H,10-13,28H2,1H3. The average Bonchev–Trinajstić information content (AvgIpc) is 3.29. The molecule has 1 aliphatic rings. The monoisotopic (exact) mass is 492 g/mol. The molecule has 0 bridgehead atoms. The van der Waals surface area contributed by atoms with E-state index in [1.165, 1.54) is 18.2 Å². The van der Waals surface area contributed by atoms with Crippen molar-refractivity contribution in [1.29, 1.82) is 0 Å². The van der Waals surface area contributed by atoms with E-state index in [0.29, 0.717) is 6.54 Å². The molecule has 8 nitrogen and oxygen atoms in total. The predicted molar refractivity (Wildman–Crippen MR) is 119 cm³/mol. The molecule has 2 aromatic carbocycles. The van der Waals surface area contributed by atoms with Gasteiger partial charge in [-0.3, -0.25) is 4.79 Å². The van der Waals surface area contributed by atoms with E-state index in [1.807, 2.05) is 24.3 Å². The van der Waals surface area contributed by atoms with Gasteiger partial charge < -0.3 is 20.7 Å². The lowest BCUT2D eigenvalue weighted by molar-refractivity contribution is -0.199. The minimum Gasteiger partial charge on any atom is -0.367 e. The molecule has 186 valence electrons. The van der Waals surface area contributed by atoms with Crippen molar-refractivity contribution in [1.82, 2.24) is 20.1 Å². The van der Waals surface area contributed by atoms with E-state index in [1.54, 1.807) is 11.9 Å². The number of hydrogen-bond acceptors (Lipinski definition) is 7. The molecule has 35 heavy (non-hydrogen) atoms. The van der Waals surface area contributed by atoms with Gasteiger partial charge in [-0.15, -0.1) is 5.10 Å². The fraction of sp³-hybridized carbons (Fsp3) is 0.348. The molecule has 0 radical (unpaired) electrons. The van der Waals surface area contributed by atoms with Crippen LogP contribution in [-0.2, 0) is 17.8 Å². The highest BCUT2D eigenvalue weighted by Gasteiger charge is 2.49. The average molecular weight is 492 g/mol. The van der Waals surface area contributed by atoms with Crippen molar-refractivity contribution in [3.63, 3.8) is 0 Å². The summed E-state index contributed by atoms with van der Waals surface area (Å²) in [5.74, 6) is -2.03. The van der Waals surface area contributed by atoms with Crippen molar-refractivity contribution >= 4 is 11.9 Å². The fourth-order valence-electron chi connectivity index (χ4n) is 3.81. The number of morpholine rings is 1. The third-order valence-corrected chi connectivity index (χ3v) is 5.60. The Morgan fingerprint density at radius 3 is 2.54 bits per heavy atom. The van der Waals surface area contributed by atoms with E-state index in [0.717, 1.165) is 21.9 Å². The highest BCUT2D eigenvalue weighted by molar-refractivity contribution is 5.97. The highest BCUT2D eigenvalue weighted by Crippen LogP contribution is 2.34. The van der Waals surface area contributed by atoms with Crippen LogP contribution >= 0.6 is 0 Å². The molecule has 1 aliphatic heterocycles. The van der Waals surface area contributed by atoms with Gasteiger partial charge in [0, 0.05) is 26.7 Å². The smallest absolute Gasteiger partial charge is 0.367 e.